The molecule has 7 nitrogen and oxygen atoms in total. The molecule has 34 heavy (non-hydrogen) atoms. The van der Waals surface area contributed by atoms with E-state index >= 15 is 0 Å². The van der Waals surface area contributed by atoms with Gasteiger partial charge in [0.2, 0.25) is 0 Å². The average Bonchev–Trinajstić information content (AvgIpc) is 3.60. The lowest BCUT2D eigenvalue weighted by Gasteiger charge is -2.31. The van der Waals surface area contributed by atoms with Gasteiger partial charge in [0.25, 0.3) is 11.8 Å². The fraction of sp³-hybridized carbons (Fsp3) is 0.407. The number of rotatable bonds is 7. The number of pyridine rings is 1. The van der Waals surface area contributed by atoms with Crippen molar-refractivity contribution < 1.29 is 14.1 Å². The van der Waals surface area contributed by atoms with Gasteiger partial charge in [-0.15, -0.1) is 0 Å². The van der Waals surface area contributed by atoms with Crippen LogP contribution in [-0.4, -0.2) is 22.0 Å². The molecule has 2 amide bonds. The van der Waals surface area contributed by atoms with Crippen LogP contribution in [0.2, 0.25) is 0 Å². The summed E-state index contributed by atoms with van der Waals surface area (Å²) in [6.07, 6.45) is 9.43. The molecule has 0 radical (unpaired) electrons. The quantitative estimate of drug-likeness (QED) is 0.483. The number of benzene rings is 1. The highest BCUT2D eigenvalue weighted by atomic mass is 16.5. The monoisotopic (exact) mass is 458 g/mol. The predicted octanol–water partition coefficient (Wildman–Crippen LogP) is 5.56. The summed E-state index contributed by atoms with van der Waals surface area (Å²) >= 11 is 0. The Morgan fingerprint density at radius 1 is 1.00 bits per heavy atom. The van der Waals surface area contributed by atoms with Gasteiger partial charge in [0, 0.05) is 23.2 Å². The minimum atomic E-state index is -0.230. The topological polar surface area (TPSA) is 97.1 Å². The first-order valence-corrected chi connectivity index (χ1v) is 12.2. The molecule has 0 bridgehead atoms. The molecular formula is C27H30N4O3. The second-order valence-electron chi connectivity index (χ2n) is 9.51. The minimum Gasteiger partial charge on any atom is -0.360 e. The molecular weight excluding hydrogens is 428 g/mol. The highest BCUT2D eigenvalue weighted by Gasteiger charge is 2.31. The predicted molar refractivity (Wildman–Crippen MR) is 129 cm³/mol. The average molecular weight is 459 g/mol. The summed E-state index contributed by atoms with van der Waals surface area (Å²) in [5.74, 6) is 1.08. The molecule has 0 saturated heterocycles. The summed E-state index contributed by atoms with van der Waals surface area (Å²) in [4.78, 5) is 30.2. The third-order valence-corrected chi connectivity index (χ3v) is 6.83. The minimum absolute atomic E-state index is 0.192. The van der Waals surface area contributed by atoms with E-state index in [1.807, 2.05) is 37.3 Å². The van der Waals surface area contributed by atoms with Crippen LogP contribution in [0.15, 0.2) is 53.2 Å². The lowest BCUT2D eigenvalue weighted by molar-refractivity contribution is 0.0903. The van der Waals surface area contributed by atoms with Gasteiger partial charge in [-0.2, -0.15) is 0 Å². The summed E-state index contributed by atoms with van der Waals surface area (Å²) in [7, 11) is 0. The number of aryl methyl sites for hydroxylation is 1. The van der Waals surface area contributed by atoms with E-state index < -0.39 is 0 Å². The van der Waals surface area contributed by atoms with Crippen molar-refractivity contribution in [1.29, 1.82) is 0 Å². The van der Waals surface area contributed by atoms with Crippen LogP contribution in [0.1, 0.15) is 94.8 Å². The number of nitrogens with zero attached hydrogens (tertiary/aromatic N) is 2. The van der Waals surface area contributed by atoms with E-state index in [9.17, 15) is 9.59 Å². The molecule has 1 unspecified atom stereocenters. The van der Waals surface area contributed by atoms with Gasteiger partial charge in [-0.1, -0.05) is 36.6 Å². The van der Waals surface area contributed by atoms with Crippen LogP contribution in [0.25, 0.3) is 0 Å². The van der Waals surface area contributed by atoms with Crippen molar-refractivity contribution in [2.24, 2.45) is 5.92 Å². The molecule has 2 heterocycles. The maximum absolute atomic E-state index is 13.1. The zero-order chi connectivity index (χ0) is 23.5. The third kappa shape index (κ3) is 5.19. The molecule has 1 aromatic carbocycles. The Balaban J connectivity index is 1.36. The second kappa shape index (κ2) is 9.79. The molecule has 3 aromatic rings. The van der Waals surface area contributed by atoms with Crippen LogP contribution in [-0.2, 0) is 0 Å². The van der Waals surface area contributed by atoms with Gasteiger partial charge in [0.05, 0.1) is 17.9 Å². The first-order valence-electron chi connectivity index (χ1n) is 12.2. The van der Waals surface area contributed by atoms with E-state index in [1.165, 1.54) is 6.42 Å². The summed E-state index contributed by atoms with van der Waals surface area (Å²) in [5.41, 5.74) is 3.34. The second-order valence-corrected chi connectivity index (χ2v) is 9.51. The summed E-state index contributed by atoms with van der Waals surface area (Å²) < 4.78 is 5.39. The van der Waals surface area contributed by atoms with Gasteiger partial charge in [-0.3, -0.25) is 14.6 Å². The van der Waals surface area contributed by atoms with Crippen LogP contribution >= 0.6 is 0 Å². The number of anilines is 1. The number of carbonyl (C=O) groups is 2. The fourth-order valence-electron chi connectivity index (χ4n) is 4.73. The Morgan fingerprint density at radius 2 is 1.82 bits per heavy atom. The number of carbonyl (C=O) groups excluding carboxylic acids is 2. The SMILES string of the molecule is Cc1ccc(NC(=O)c2cccc(C(NC(=O)c3cc(C4CC4)on3)C3CCCCC3)c2)cn1. The Morgan fingerprint density at radius 3 is 2.56 bits per heavy atom. The summed E-state index contributed by atoms with van der Waals surface area (Å²) in [5, 5.41) is 10.1. The van der Waals surface area contributed by atoms with Crippen LogP contribution < -0.4 is 10.6 Å². The lowest BCUT2D eigenvalue weighted by atomic mass is 9.80. The normalized spacial score (nSPS) is 17.2. The van der Waals surface area contributed by atoms with Gasteiger partial charge < -0.3 is 15.2 Å². The van der Waals surface area contributed by atoms with Crippen LogP contribution in [0, 0.1) is 12.8 Å². The number of nitrogens with one attached hydrogen (secondary N) is 2. The Bertz CT molecular complexity index is 1160. The smallest absolute Gasteiger partial charge is 0.273 e. The third-order valence-electron chi connectivity index (χ3n) is 6.83. The van der Waals surface area contributed by atoms with Gasteiger partial charge >= 0.3 is 0 Å². The van der Waals surface area contributed by atoms with E-state index in [4.69, 9.17) is 4.52 Å². The first-order chi connectivity index (χ1) is 16.6. The molecule has 2 saturated carbocycles. The highest BCUT2D eigenvalue weighted by Crippen LogP contribution is 2.40. The van der Waals surface area contributed by atoms with Gasteiger partial charge in [-0.05, 0) is 68.4 Å². The standard InChI is InChI=1S/C27H30N4O3/c1-17-10-13-22(16-28-17)29-26(32)21-9-5-8-20(14-21)25(19-6-3-2-4-7-19)30-27(33)23-15-24(34-31-23)18-11-12-18/h5,8-10,13-16,18-19,25H,2-4,6-7,11-12H2,1H3,(H,29,32)(H,30,33). The molecule has 2 N–H and O–H groups in total. The molecule has 1 atom stereocenters. The van der Waals surface area contributed by atoms with E-state index in [1.54, 1.807) is 18.3 Å². The highest BCUT2D eigenvalue weighted by molar-refractivity contribution is 6.04. The fourth-order valence-corrected chi connectivity index (χ4v) is 4.73. The Labute approximate surface area is 199 Å². The number of amides is 2. The maximum atomic E-state index is 13.1. The van der Waals surface area contributed by atoms with E-state index in [0.29, 0.717) is 28.8 Å². The molecule has 2 aliphatic rings. The summed E-state index contributed by atoms with van der Waals surface area (Å²) in [6, 6.07) is 12.8. The Hall–Kier alpha value is -3.48. The molecule has 2 fully saturated rings. The van der Waals surface area contributed by atoms with Crippen molar-refractivity contribution in [3.63, 3.8) is 0 Å². The van der Waals surface area contributed by atoms with Crippen LogP contribution in [0.4, 0.5) is 5.69 Å². The first kappa shape index (κ1) is 22.3. The number of hydrogen-bond donors (Lipinski definition) is 2. The van der Waals surface area contributed by atoms with Gasteiger partial charge in [0.15, 0.2) is 5.69 Å². The van der Waals surface area contributed by atoms with Crippen molar-refractivity contribution in [3.8, 4) is 0 Å². The zero-order valence-electron chi connectivity index (χ0n) is 19.4. The maximum Gasteiger partial charge on any atom is 0.273 e. The zero-order valence-corrected chi connectivity index (χ0v) is 19.4. The van der Waals surface area contributed by atoms with E-state index in [0.717, 1.165) is 55.5 Å². The largest absolute Gasteiger partial charge is 0.360 e. The molecule has 7 heteroatoms. The summed E-state index contributed by atoms with van der Waals surface area (Å²) in [6.45, 7) is 1.90. The molecule has 2 aliphatic carbocycles. The number of hydrogen-bond acceptors (Lipinski definition) is 5. The molecule has 0 aliphatic heterocycles. The van der Waals surface area contributed by atoms with Crippen molar-refractivity contribution >= 4 is 17.5 Å². The van der Waals surface area contributed by atoms with Crippen molar-refractivity contribution in [2.45, 2.75) is 63.8 Å². The molecule has 0 spiro atoms. The van der Waals surface area contributed by atoms with Crippen molar-refractivity contribution in [3.05, 3.63) is 76.9 Å². The van der Waals surface area contributed by atoms with Gasteiger partial charge in [0.1, 0.15) is 5.76 Å². The van der Waals surface area contributed by atoms with Crippen molar-refractivity contribution in [2.75, 3.05) is 5.32 Å². The van der Waals surface area contributed by atoms with E-state index in [2.05, 4.69) is 20.8 Å². The van der Waals surface area contributed by atoms with Crippen LogP contribution in [0.5, 0.6) is 0 Å². The van der Waals surface area contributed by atoms with Crippen molar-refractivity contribution in [1.82, 2.24) is 15.5 Å². The molecule has 176 valence electrons. The number of aromatic nitrogens is 2. The van der Waals surface area contributed by atoms with E-state index in [-0.39, 0.29) is 17.9 Å². The van der Waals surface area contributed by atoms with Crippen LogP contribution in [0.3, 0.4) is 0 Å². The molecule has 2 aromatic heterocycles. The Kier molecular flexibility index (Phi) is 6.43. The van der Waals surface area contributed by atoms with Gasteiger partial charge in [-0.25, -0.2) is 0 Å². The molecule has 5 rings (SSSR count). The lowest BCUT2D eigenvalue weighted by Crippen LogP contribution is -2.34.